The molecular weight excluding hydrogens is 358 g/mol. The zero-order chi connectivity index (χ0) is 20.3. The van der Waals surface area contributed by atoms with Crippen molar-refractivity contribution in [1.82, 2.24) is 4.98 Å². The molecule has 146 valence electrons. The molecule has 0 fully saturated rings. The van der Waals surface area contributed by atoms with Gasteiger partial charge >= 0.3 is 6.09 Å². The Labute approximate surface area is 163 Å². The lowest BCUT2D eigenvalue weighted by Gasteiger charge is -2.20. The number of aromatic amines is 1. The van der Waals surface area contributed by atoms with Gasteiger partial charge in [0.1, 0.15) is 17.0 Å². The number of amides is 2. The molecule has 0 saturated heterocycles. The zero-order valence-electron chi connectivity index (χ0n) is 16.3. The van der Waals surface area contributed by atoms with Gasteiger partial charge in [-0.1, -0.05) is 18.2 Å². The molecule has 7 nitrogen and oxygen atoms in total. The first-order valence-electron chi connectivity index (χ1n) is 8.82. The molecule has 0 aliphatic rings. The average molecular weight is 381 g/mol. The lowest BCUT2D eigenvalue weighted by atomic mass is 10.2. The van der Waals surface area contributed by atoms with Crippen LogP contribution >= 0.6 is 0 Å². The first-order valence-corrected chi connectivity index (χ1v) is 8.82. The van der Waals surface area contributed by atoms with E-state index >= 15 is 0 Å². The van der Waals surface area contributed by atoms with Crippen molar-refractivity contribution in [3.63, 3.8) is 0 Å². The van der Waals surface area contributed by atoms with Crippen LogP contribution in [0.5, 0.6) is 5.75 Å². The van der Waals surface area contributed by atoms with Crippen LogP contribution in [0.15, 0.2) is 48.5 Å². The van der Waals surface area contributed by atoms with E-state index < -0.39 is 11.7 Å². The molecule has 1 aromatic heterocycles. The van der Waals surface area contributed by atoms with Crippen LogP contribution in [0.3, 0.4) is 0 Å². The monoisotopic (exact) mass is 381 g/mol. The van der Waals surface area contributed by atoms with E-state index in [2.05, 4.69) is 15.6 Å². The van der Waals surface area contributed by atoms with E-state index in [4.69, 9.17) is 9.47 Å². The maximum Gasteiger partial charge on any atom is 0.412 e. The SMILES string of the molecule is COc1ccc(NC(=O)c2cc3ccccc3[nH]2)cc1NC(=O)OC(C)(C)C. The summed E-state index contributed by atoms with van der Waals surface area (Å²) in [7, 11) is 1.50. The number of rotatable bonds is 4. The van der Waals surface area contributed by atoms with Crippen LogP contribution in [-0.2, 0) is 4.74 Å². The quantitative estimate of drug-likeness (QED) is 0.607. The molecule has 3 rings (SSSR count). The van der Waals surface area contributed by atoms with Crippen molar-refractivity contribution in [2.75, 3.05) is 17.7 Å². The summed E-state index contributed by atoms with van der Waals surface area (Å²) in [5.74, 6) is 0.166. The summed E-state index contributed by atoms with van der Waals surface area (Å²) in [6, 6.07) is 14.4. The molecule has 3 N–H and O–H groups in total. The fourth-order valence-electron chi connectivity index (χ4n) is 2.69. The van der Waals surface area contributed by atoms with E-state index in [9.17, 15) is 9.59 Å². The van der Waals surface area contributed by atoms with Crippen LogP contribution in [0.2, 0.25) is 0 Å². The third kappa shape index (κ3) is 4.62. The molecule has 2 amide bonds. The van der Waals surface area contributed by atoms with Crippen molar-refractivity contribution in [2.45, 2.75) is 26.4 Å². The number of hydrogen-bond donors (Lipinski definition) is 3. The maximum atomic E-state index is 12.6. The minimum absolute atomic E-state index is 0.287. The van der Waals surface area contributed by atoms with E-state index in [1.54, 1.807) is 45.0 Å². The Morgan fingerprint density at radius 3 is 2.43 bits per heavy atom. The Kier molecular flexibility index (Phi) is 5.26. The Morgan fingerprint density at radius 1 is 1.00 bits per heavy atom. The minimum Gasteiger partial charge on any atom is -0.495 e. The summed E-state index contributed by atoms with van der Waals surface area (Å²) in [6.07, 6.45) is -0.607. The molecule has 28 heavy (non-hydrogen) atoms. The summed E-state index contributed by atoms with van der Waals surface area (Å²) >= 11 is 0. The number of hydrogen-bond acceptors (Lipinski definition) is 4. The van der Waals surface area contributed by atoms with Crippen molar-refractivity contribution in [1.29, 1.82) is 0 Å². The first kappa shape index (κ1) is 19.3. The summed E-state index contributed by atoms with van der Waals surface area (Å²) in [4.78, 5) is 27.7. The second kappa shape index (κ2) is 7.64. The van der Waals surface area contributed by atoms with Crippen LogP contribution in [0.25, 0.3) is 10.9 Å². The van der Waals surface area contributed by atoms with Crippen LogP contribution < -0.4 is 15.4 Å². The standard InChI is InChI=1S/C21H23N3O4/c1-21(2,3)28-20(26)24-16-12-14(9-10-18(16)27-4)22-19(25)17-11-13-7-5-6-8-15(13)23-17/h5-12,23H,1-4H3,(H,22,25)(H,24,26). The normalized spacial score (nSPS) is 11.1. The van der Waals surface area contributed by atoms with E-state index in [1.165, 1.54) is 7.11 Å². The second-order valence-electron chi connectivity index (χ2n) is 7.27. The molecular formula is C21H23N3O4. The van der Waals surface area contributed by atoms with E-state index in [0.29, 0.717) is 22.8 Å². The summed E-state index contributed by atoms with van der Waals surface area (Å²) < 4.78 is 10.5. The zero-order valence-corrected chi connectivity index (χ0v) is 16.3. The van der Waals surface area contributed by atoms with Crippen LogP contribution in [0.1, 0.15) is 31.3 Å². The van der Waals surface area contributed by atoms with Gasteiger partial charge in [-0.05, 0) is 51.1 Å². The molecule has 0 bridgehead atoms. The first-order chi connectivity index (χ1) is 13.2. The highest BCUT2D eigenvalue weighted by molar-refractivity contribution is 6.06. The van der Waals surface area contributed by atoms with Crippen molar-refractivity contribution < 1.29 is 19.1 Å². The predicted octanol–water partition coefficient (Wildman–Crippen LogP) is 4.78. The van der Waals surface area contributed by atoms with Gasteiger partial charge in [0.15, 0.2) is 0 Å². The van der Waals surface area contributed by atoms with Gasteiger partial charge in [0.2, 0.25) is 0 Å². The minimum atomic E-state index is -0.626. The van der Waals surface area contributed by atoms with Gasteiger partial charge in [0, 0.05) is 16.6 Å². The average Bonchev–Trinajstić information content (AvgIpc) is 3.04. The van der Waals surface area contributed by atoms with E-state index in [1.807, 2.05) is 24.3 Å². The fraction of sp³-hybridized carbons (Fsp3) is 0.238. The highest BCUT2D eigenvalue weighted by Crippen LogP contribution is 2.29. The number of carbonyl (C=O) groups excluding carboxylic acids is 2. The molecule has 0 saturated carbocycles. The summed E-state index contributed by atoms with van der Waals surface area (Å²) in [5, 5.41) is 6.42. The Bertz CT molecular complexity index is 985. The van der Waals surface area contributed by atoms with E-state index in [0.717, 1.165) is 10.9 Å². The highest BCUT2D eigenvalue weighted by atomic mass is 16.6. The molecule has 0 aliphatic carbocycles. The van der Waals surface area contributed by atoms with Crippen LogP contribution in [0, 0.1) is 0 Å². The number of anilines is 2. The fourth-order valence-corrected chi connectivity index (χ4v) is 2.69. The van der Waals surface area contributed by atoms with Crippen LogP contribution in [-0.4, -0.2) is 29.7 Å². The number of benzene rings is 2. The Balaban J connectivity index is 1.78. The molecule has 0 radical (unpaired) electrons. The topological polar surface area (TPSA) is 92.5 Å². The van der Waals surface area contributed by atoms with Gasteiger partial charge in [-0.3, -0.25) is 10.1 Å². The van der Waals surface area contributed by atoms with Crippen molar-refractivity contribution in [3.05, 3.63) is 54.2 Å². The molecule has 0 spiro atoms. The number of fused-ring (bicyclic) bond motifs is 1. The smallest absolute Gasteiger partial charge is 0.412 e. The second-order valence-corrected chi connectivity index (χ2v) is 7.27. The van der Waals surface area contributed by atoms with Gasteiger partial charge in [-0.2, -0.15) is 0 Å². The number of methoxy groups -OCH3 is 1. The highest BCUT2D eigenvalue weighted by Gasteiger charge is 2.18. The molecule has 0 aliphatic heterocycles. The Morgan fingerprint density at radius 2 is 1.75 bits per heavy atom. The van der Waals surface area contributed by atoms with Crippen molar-refractivity contribution >= 4 is 34.3 Å². The maximum absolute atomic E-state index is 12.6. The summed E-state index contributed by atoms with van der Waals surface area (Å²) in [6.45, 7) is 5.34. The van der Waals surface area contributed by atoms with Gasteiger partial charge in [-0.15, -0.1) is 0 Å². The number of carbonyl (C=O) groups is 2. The predicted molar refractivity (Wildman–Crippen MR) is 109 cm³/mol. The lowest BCUT2D eigenvalue weighted by Crippen LogP contribution is -2.27. The molecule has 0 unspecified atom stereocenters. The third-order valence-corrected chi connectivity index (χ3v) is 3.87. The molecule has 2 aromatic carbocycles. The number of ether oxygens (including phenoxy) is 2. The van der Waals surface area contributed by atoms with Gasteiger partial charge in [0.05, 0.1) is 12.8 Å². The summed E-state index contributed by atoms with van der Waals surface area (Å²) in [5.41, 5.74) is 1.61. The van der Waals surface area contributed by atoms with Gasteiger partial charge < -0.3 is 19.8 Å². The Hall–Kier alpha value is -3.48. The number of nitrogens with one attached hydrogen (secondary N) is 3. The van der Waals surface area contributed by atoms with Gasteiger partial charge in [-0.25, -0.2) is 4.79 Å². The third-order valence-electron chi connectivity index (χ3n) is 3.87. The molecule has 7 heteroatoms. The largest absolute Gasteiger partial charge is 0.495 e. The van der Waals surface area contributed by atoms with Gasteiger partial charge in [0.25, 0.3) is 5.91 Å². The molecule has 0 atom stereocenters. The lowest BCUT2D eigenvalue weighted by molar-refractivity contribution is 0.0635. The van der Waals surface area contributed by atoms with Crippen molar-refractivity contribution in [3.8, 4) is 5.75 Å². The molecule has 1 heterocycles. The number of aromatic nitrogens is 1. The molecule has 3 aromatic rings. The number of H-pyrrole nitrogens is 1. The number of para-hydroxylation sites is 1. The van der Waals surface area contributed by atoms with E-state index in [-0.39, 0.29) is 5.91 Å². The van der Waals surface area contributed by atoms with Crippen LogP contribution in [0.4, 0.5) is 16.2 Å². The van der Waals surface area contributed by atoms with Crippen molar-refractivity contribution in [2.24, 2.45) is 0 Å².